The van der Waals surface area contributed by atoms with Crippen molar-refractivity contribution in [2.24, 2.45) is 0 Å². The molecule has 116 valence electrons. The third kappa shape index (κ3) is 2.32. The zero-order valence-corrected chi connectivity index (χ0v) is 12.0. The van der Waals surface area contributed by atoms with Gasteiger partial charge in [-0.15, -0.1) is 0 Å². The molecule has 1 N–H and O–H groups in total. The molecule has 22 heavy (non-hydrogen) atoms. The number of hydrogen-bond donors (Lipinski definition) is 1. The second-order valence-corrected chi connectivity index (χ2v) is 5.82. The van der Waals surface area contributed by atoms with Crippen molar-refractivity contribution in [1.82, 2.24) is 15.1 Å². The van der Waals surface area contributed by atoms with Gasteiger partial charge in [0.25, 0.3) is 0 Å². The van der Waals surface area contributed by atoms with E-state index < -0.39 is 6.55 Å². The molecule has 0 amide bonds. The molecule has 2 aliphatic heterocycles. The molecule has 1 saturated heterocycles. The molecule has 1 aromatic heterocycles. The molecule has 0 spiro atoms. The van der Waals surface area contributed by atoms with Crippen LogP contribution in [0.5, 0.6) is 0 Å². The largest absolute Gasteiger partial charge is 0.372 e. The number of ether oxygens (including phenoxy) is 1. The monoisotopic (exact) mass is 305 g/mol. The van der Waals surface area contributed by atoms with Gasteiger partial charge in [-0.3, -0.25) is 0 Å². The van der Waals surface area contributed by atoms with Crippen molar-refractivity contribution < 1.29 is 13.5 Å². The van der Waals surface area contributed by atoms with Crippen molar-refractivity contribution >= 4 is 0 Å². The number of nitrogens with one attached hydrogen (secondary N) is 1. The van der Waals surface area contributed by atoms with Crippen molar-refractivity contribution in [3.63, 3.8) is 0 Å². The molecule has 2 aliphatic rings. The lowest BCUT2D eigenvalue weighted by Gasteiger charge is -2.38. The van der Waals surface area contributed by atoms with Gasteiger partial charge in [-0.2, -0.15) is 13.9 Å². The number of halogens is 2. The number of piperidine rings is 1. The fourth-order valence-electron chi connectivity index (χ4n) is 3.35. The minimum Gasteiger partial charge on any atom is -0.372 e. The topological polar surface area (TPSA) is 39.1 Å². The van der Waals surface area contributed by atoms with E-state index in [1.54, 1.807) is 0 Å². The first-order valence-corrected chi connectivity index (χ1v) is 7.53. The molecular formula is C16H17F2N3O. The van der Waals surface area contributed by atoms with Crippen molar-refractivity contribution in [3.8, 4) is 11.1 Å². The van der Waals surface area contributed by atoms with Crippen molar-refractivity contribution in [3.05, 3.63) is 41.7 Å². The highest BCUT2D eigenvalue weighted by Gasteiger charge is 2.32. The Morgan fingerprint density at radius 1 is 1.32 bits per heavy atom. The minimum absolute atomic E-state index is 0.244. The average molecular weight is 305 g/mol. The Balaban J connectivity index is 1.66. The quantitative estimate of drug-likeness (QED) is 0.925. The molecule has 0 saturated carbocycles. The highest BCUT2D eigenvalue weighted by atomic mass is 19.3. The van der Waals surface area contributed by atoms with Crippen LogP contribution in [0.4, 0.5) is 8.78 Å². The molecule has 0 radical (unpaired) electrons. The first-order valence-electron chi connectivity index (χ1n) is 7.53. The SMILES string of the molecule is FC(F)n1cc(-c2ccc3c(c2)CO[C@H]2CCCN[C@@H]32)cn1. The highest BCUT2D eigenvalue weighted by Crippen LogP contribution is 2.36. The van der Waals surface area contributed by atoms with Gasteiger partial charge in [-0.05, 0) is 42.1 Å². The number of fused-ring (bicyclic) bond motifs is 3. The van der Waals surface area contributed by atoms with E-state index in [9.17, 15) is 8.78 Å². The maximum atomic E-state index is 12.6. The van der Waals surface area contributed by atoms with E-state index in [0.717, 1.165) is 30.5 Å². The molecule has 0 unspecified atom stereocenters. The van der Waals surface area contributed by atoms with Gasteiger partial charge in [-0.1, -0.05) is 12.1 Å². The lowest BCUT2D eigenvalue weighted by atomic mass is 9.88. The maximum Gasteiger partial charge on any atom is 0.333 e. The van der Waals surface area contributed by atoms with Crippen LogP contribution in [0.2, 0.25) is 0 Å². The summed E-state index contributed by atoms with van der Waals surface area (Å²) in [5, 5.41) is 7.21. The smallest absolute Gasteiger partial charge is 0.333 e. The molecule has 0 bridgehead atoms. The first kappa shape index (κ1) is 13.8. The number of alkyl halides is 2. The molecule has 1 aromatic carbocycles. The van der Waals surface area contributed by atoms with Crippen LogP contribution in [0.1, 0.15) is 36.6 Å². The summed E-state index contributed by atoms with van der Waals surface area (Å²) in [6, 6.07) is 6.33. The number of rotatable bonds is 2. The number of nitrogens with zero attached hydrogens (tertiary/aromatic N) is 2. The van der Waals surface area contributed by atoms with Gasteiger partial charge in [-0.25, -0.2) is 4.68 Å². The van der Waals surface area contributed by atoms with Crippen LogP contribution in [0.3, 0.4) is 0 Å². The Labute approximate surface area is 127 Å². The van der Waals surface area contributed by atoms with Gasteiger partial charge in [0.15, 0.2) is 0 Å². The lowest BCUT2D eigenvalue weighted by Crippen LogP contribution is -2.42. The molecule has 4 nitrogen and oxygen atoms in total. The Morgan fingerprint density at radius 2 is 2.23 bits per heavy atom. The summed E-state index contributed by atoms with van der Waals surface area (Å²) in [4.78, 5) is 0. The third-order valence-corrected chi connectivity index (χ3v) is 4.47. The fraction of sp³-hybridized carbons (Fsp3) is 0.438. The average Bonchev–Trinajstić information content (AvgIpc) is 3.04. The summed E-state index contributed by atoms with van der Waals surface area (Å²) < 4.78 is 31.9. The summed E-state index contributed by atoms with van der Waals surface area (Å²) >= 11 is 0. The van der Waals surface area contributed by atoms with Gasteiger partial charge in [0.2, 0.25) is 0 Å². The summed E-state index contributed by atoms with van der Waals surface area (Å²) in [6.07, 6.45) is 5.31. The Kier molecular flexibility index (Phi) is 3.43. The lowest BCUT2D eigenvalue weighted by molar-refractivity contribution is -0.0177. The van der Waals surface area contributed by atoms with Crippen LogP contribution in [0.15, 0.2) is 30.6 Å². The number of aromatic nitrogens is 2. The first-order chi connectivity index (χ1) is 10.7. The predicted molar refractivity (Wildman–Crippen MR) is 77.5 cm³/mol. The molecule has 2 aromatic rings. The Bertz CT molecular complexity index is 686. The normalized spacial score (nSPS) is 24.1. The van der Waals surface area contributed by atoms with Crippen LogP contribution in [-0.2, 0) is 11.3 Å². The van der Waals surface area contributed by atoms with Crippen molar-refractivity contribution in [1.29, 1.82) is 0 Å². The Hall–Kier alpha value is -1.79. The zero-order valence-electron chi connectivity index (χ0n) is 12.0. The molecule has 6 heteroatoms. The summed E-state index contributed by atoms with van der Waals surface area (Å²) in [5.74, 6) is 0. The van der Waals surface area contributed by atoms with E-state index in [0.29, 0.717) is 16.9 Å². The minimum atomic E-state index is -2.61. The van der Waals surface area contributed by atoms with E-state index in [1.165, 1.54) is 18.0 Å². The number of hydrogen-bond acceptors (Lipinski definition) is 3. The fourth-order valence-corrected chi connectivity index (χ4v) is 3.35. The van der Waals surface area contributed by atoms with E-state index in [2.05, 4.69) is 16.5 Å². The summed E-state index contributed by atoms with van der Waals surface area (Å²) in [7, 11) is 0. The van der Waals surface area contributed by atoms with Crippen LogP contribution < -0.4 is 5.32 Å². The second kappa shape index (κ2) is 5.44. The van der Waals surface area contributed by atoms with Gasteiger partial charge >= 0.3 is 6.55 Å². The predicted octanol–water partition coefficient (Wildman–Crippen LogP) is 3.27. The van der Waals surface area contributed by atoms with E-state index in [4.69, 9.17) is 4.74 Å². The van der Waals surface area contributed by atoms with Crippen LogP contribution >= 0.6 is 0 Å². The van der Waals surface area contributed by atoms with Gasteiger partial charge in [0.1, 0.15) is 0 Å². The van der Waals surface area contributed by atoms with Gasteiger partial charge in [0.05, 0.1) is 24.9 Å². The van der Waals surface area contributed by atoms with Crippen LogP contribution in [0.25, 0.3) is 11.1 Å². The molecule has 3 heterocycles. The molecule has 0 aliphatic carbocycles. The Morgan fingerprint density at radius 3 is 3.05 bits per heavy atom. The summed E-state index contributed by atoms with van der Waals surface area (Å²) in [5.41, 5.74) is 3.98. The van der Waals surface area contributed by atoms with Crippen molar-refractivity contribution in [2.75, 3.05) is 6.54 Å². The number of benzene rings is 1. The maximum absolute atomic E-state index is 12.6. The third-order valence-electron chi connectivity index (χ3n) is 4.47. The van der Waals surface area contributed by atoms with Gasteiger partial charge in [0, 0.05) is 11.8 Å². The van der Waals surface area contributed by atoms with Gasteiger partial charge < -0.3 is 10.1 Å². The van der Waals surface area contributed by atoms with Crippen LogP contribution in [0, 0.1) is 0 Å². The van der Waals surface area contributed by atoms with E-state index in [-0.39, 0.29) is 12.1 Å². The van der Waals surface area contributed by atoms with E-state index in [1.807, 2.05) is 12.1 Å². The van der Waals surface area contributed by atoms with Crippen molar-refractivity contribution in [2.45, 2.75) is 38.1 Å². The summed E-state index contributed by atoms with van der Waals surface area (Å²) in [6.45, 7) is -1.02. The molecular weight excluding hydrogens is 288 g/mol. The zero-order chi connectivity index (χ0) is 15.1. The standard InChI is InChI=1S/C16H17F2N3O/c17-16(18)21-8-12(7-20-21)10-3-4-13-11(6-10)9-22-14-2-1-5-19-15(13)14/h3-4,6-8,14-16,19H,1-2,5,9H2/t14-,15-/m0/s1. The highest BCUT2D eigenvalue weighted by molar-refractivity contribution is 5.63. The second-order valence-electron chi connectivity index (χ2n) is 5.82. The van der Waals surface area contributed by atoms with E-state index >= 15 is 0 Å². The van der Waals surface area contributed by atoms with Crippen LogP contribution in [-0.4, -0.2) is 22.4 Å². The molecule has 4 rings (SSSR count). The molecule has 2 atom stereocenters. The molecule has 1 fully saturated rings.